The maximum atomic E-state index is 13.2. The number of ether oxygens (including phenoxy) is 1. The van der Waals surface area contributed by atoms with Gasteiger partial charge in [-0.05, 0) is 86.2 Å². The molecule has 3 aromatic carbocycles. The first-order valence-corrected chi connectivity index (χ1v) is 13.5. The second-order valence-corrected chi connectivity index (χ2v) is 10.8. The van der Waals surface area contributed by atoms with Crippen molar-refractivity contribution in [1.29, 1.82) is 0 Å². The normalized spacial score (nSPS) is 12.9. The first-order valence-electron chi connectivity index (χ1n) is 13.1. The van der Waals surface area contributed by atoms with Crippen LogP contribution in [-0.4, -0.2) is 27.7 Å². The van der Waals surface area contributed by atoms with E-state index in [0.29, 0.717) is 28.8 Å². The quantitative estimate of drug-likeness (QED) is 0.229. The van der Waals surface area contributed by atoms with Crippen molar-refractivity contribution in [2.24, 2.45) is 0 Å². The molecule has 0 aliphatic heterocycles. The van der Waals surface area contributed by atoms with Crippen LogP contribution in [0.4, 0.5) is 0 Å². The Morgan fingerprint density at radius 1 is 0.974 bits per heavy atom. The van der Waals surface area contributed by atoms with Crippen molar-refractivity contribution in [1.82, 2.24) is 9.88 Å². The molecule has 204 valence electrons. The molecule has 1 aromatic heterocycles. The summed E-state index contributed by atoms with van der Waals surface area (Å²) in [5, 5.41) is 13.7. The van der Waals surface area contributed by atoms with Gasteiger partial charge in [0.25, 0.3) is 5.91 Å². The summed E-state index contributed by atoms with van der Waals surface area (Å²) in [7, 11) is 0. The third kappa shape index (κ3) is 6.12. The molecule has 0 aliphatic rings. The number of carboxylic acids is 1. The van der Waals surface area contributed by atoms with Gasteiger partial charge in [-0.1, -0.05) is 55.8 Å². The average Bonchev–Trinajstić information content (AvgIpc) is 3.14. The van der Waals surface area contributed by atoms with Crippen LogP contribution in [-0.2, 0) is 11.3 Å². The number of hydrogen-bond acceptors (Lipinski definition) is 3. The van der Waals surface area contributed by atoms with Crippen LogP contribution in [0.1, 0.15) is 78.0 Å². The number of rotatable bonds is 9. The number of benzene rings is 3. The predicted octanol–water partition coefficient (Wildman–Crippen LogP) is 7.43. The summed E-state index contributed by atoms with van der Waals surface area (Å²) in [5.74, 6) is -0.321. The molecule has 0 saturated heterocycles. The lowest BCUT2D eigenvalue weighted by atomic mass is 9.98. The summed E-state index contributed by atoms with van der Waals surface area (Å²) < 4.78 is 7.61. The van der Waals surface area contributed by atoms with Gasteiger partial charge >= 0.3 is 5.97 Å². The first kappa shape index (κ1) is 28.2. The van der Waals surface area contributed by atoms with E-state index in [1.54, 1.807) is 12.1 Å². The number of fused-ring (bicyclic) bond motifs is 1. The van der Waals surface area contributed by atoms with Gasteiger partial charge in [-0.25, -0.2) is 4.79 Å². The number of nitrogens with zero attached hydrogens (tertiary/aromatic N) is 1. The third-order valence-electron chi connectivity index (χ3n) is 7.34. The van der Waals surface area contributed by atoms with E-state index in [1.165, 1.54) is 12.5 Å². The van der Waals surface area contributed by atoms with Gasteiger partial charge in [0.05, 0.1) is 6.04 Å². The molecule has 4 aromatic rings. The Balaban J connectivity index is 1.56. The molecule has 0 unspecified atom stereocenters. The van der Waals surface area contributed by atoms with E-state index in [9.17, 15) is 9.59 Å². The largest absolute Gasteiger partial charge is 0.479 e. The Bertz CT molecular complexity index is 1540. The Morgan fingerprint density at radius 3 is 2.36 bits per heavy atom. The summed E-state index contributed by atoms with van der Waals surface area (Å²) in [6.07, 6.45) is -0.968. The second kappa shape index (κ2) is 11.5. The lowest BCUT2D eigenvalue weighted by Gasteiger charge is -2.17. The number of nitrogens with one attached hydrogen (secondary N) is 1. The fourth-order valence-corrected chi connectivity index (χ4v) is 4.93. The van der Waals surface area contributed by atoms with Crippen LogP contribution in [0.5, 0.6) is 5.75 Å². The van der Waals surface area contributed by atoms with Crippen LogP contribution in [0, 0.1) is 13.8 Å². The van der Waals surface area contributed by atoms with E-state index in [0.717, 1.165) is 33.3 Å². The molecular weight excluding hydrogens is 512 g/mol. The van der Waals surface area contributed by atoms with Crippen LogP contribution in [0.3, 0.4) is 0 Å². The number of aryl methyl sites for hydroxylation is 1. The van der Waals surface area contributed by atoms with E-state index >= 15 is 0 Å². The minimum absolute atomic E-state index is 0.113. The van der Waals surface area contributed by atoms with E-state index in [2.05, 4.69) is 49.7 Å². The van der Waals surface area contributed by atoms with Crippen LogP contribution in [0.25, 0.3) is 10.9 Å². The van der Waals surface area contributed by atoms with Gasteiger partial charge in [0.2, 0.25) is 0 Å². The van der Waals surface area contributed by atoms with Crippen LogP contribution < -0.4 is 10.1 Å². The molecule has 4 rings (SSSR count). The van der Waals surface area contributed by atoms with Gasteiger partial charge in [0.1, 0.15) is 5.75 Å². The number of aromatic nitrogens is 1. The van der Waals surface area contributed by atoms with Crippen molar-refractivity contribution in [3.8, 4) is 5.75 Å². The highest BCUT2D eigenvalue weighted by Crippen LogP contribution is 2.30. The molecule has 0 bridgehead atoms. The molecule has 0 fully saturated rings. The minimum Gasteiger partial charge on any atom is -0.479 e. The molecule has 39 heavy (non-hydrogen) atoms. The summed E-state index contributed by atoms with van der Waals surface area (Å²) in [6.45, 7) is 12.4. The molecular formula is C32H35ClN2O4. The number of carbonyl (C=O) groups excluding carboxylic acids is 1. The molecule has 1 amide bonds. The first-order chi connectivity index (χ1) is 18.5. The number of aliphatic carboxylic acids is 1. The lowest BCUT2D eigenvalue weighted by Crippen LogP contribution is -2.26. The number of amides is 1. The molecule has 0 aliphatic carbocycles. The SMILES string of the molecule is Cc1c(C)n(Cc2ccc(O[C@@H](C)C(=O)O)cc2Cl)c2ccc(C(=O)N[C@@H](C)c3cccc(C(C)C)c3)cc12. The predicted molar refractivity (Wildman–Crippen MR) is 156 cm³/mol. The Kier molecular flexibility index (Phi) is 8.36. The van der Waals surface area contributed by atoms with Gasteiger partial charge in [-0.2, -0.15) is 0 Å². The zero-order chi connectivity index (χ0) is 28.4. The van der Waals surface area contributed by atoms with Gasteiger partial charge in [-0.15, -0.1) is 0 Å². The molecule has 1 heterocycles. The van der Waals surface area contributed by atoms with Crippen molar-refractivity contribution in [3.63, 3.8) is 0 Å². The topological polar surface area (TPSA) is 80.6 Å². The van der Waals surface area contributed by atoms with Crippen molar-refractivity contribution >= 4 is 34.4 Å². The fraction of sp³-hybridized carbons (Fsp3) is 0.312. The van der Waals surface area contributed by atoms with Crippen LogP contribution >= 0.6 is 11.6 Å². The van der Waals surface area contributed by atoms with Crippen molar-refractivity contribution in [3.05, 3.63) is 99.2 Å². The minimum atomic E-state index is -1.04. The maximum Gasteiger partial charge on any atom is 0.344 e. The monoisotopic (exact) mass is 546 g/mol. The Morgan fingerprint density at radius 2 is 1.69 bits per heavy atom. The highest BCUT2D eigenvalue weighted by Gasteiger charge is 2.18. The van der Waals surface area contributed by atoms with Crippen LogP contribution in [0.15, 0.2) is 60.7 Å². The van der Waals surface area contributed by atoms with Gasteiger partial charge in [-0.3, -0.25) is 4.79 Å². The average molecular weight is 547 g/mol. The maximum absolute atomic E-state index is 13.2. The third-order valence-corrected chi connectivity index (χ3v) is 7.69. The second-order valence-electron chi connectivity index (χ2n) is 10.4. The fourth-order valence-electron chi connectivity index (χ4n) is 4.70. The van der Waals surface area contributed by atoms with Gasteiger partial charge < -0.3 is 19.7 Å². The number of carbonyl (C=O) groups is 2. The van der Waals surface area contributed by atoms with Crippen molar-refractivity contribution < 1.29 is 19.4 Å². The molecule has 6 nitrogen and oxygen atoms in total. The van der Waals surface area contributed by atoms with E-state index in [4.69, 9.17) is 21.4 Å². The summed E-state index contributed by atoms with van der Waals surface area (Å²) >= 11 is 6.55. The standard InChI is InChI=1S/C32H35ClN2O4/c1-18(2)23-8-7-9-24(14-23)20(4)34-31(36)25-11-13-30-28(15-25)19(3)21(5)35(30)17-26-10-12-27(16-29(26)33)39-22(6)32(37)38/h7-16,18,20,22H,17H2,1-6H3,(H,34,36)(H,37,38)/t20-,22-/m0/s1. The highest BCUT2D eigenvalue weighted by atomic mass is 35.5. The highest BCUT2D eigenvalue weighted by molar-refractivity contribution is 6.31. The summed E-state index contributed by atoms with van der Waals surface area (Å²) in [4.78, 5) is 24.3. The van der Waals surface area contributed by atoms with Crippen molar-refractivity contribution in [2.45, 2.75) is 66.2 Å². The smallest absolute Gasteiger partial charge is 0.344 e. The number of hydrogen-bond donors (Lipinski definition) is 2. The van der Waals surface area contributed by atoms with E-state index < -0.39 is 12.1 Å². The van der Waals surface area contributed by atoms with E-state index in [1.807, 2.05) is 43.3 Å². The molecule has 0 saturated carbocycles. The molecule has 7 heteroatoms. The molecule has 0 radical (unpaired) electrons. The lowest BCUT2D eigenvalue weighted by molar-refractivity contribution is -0.144. The van der Waals surface area contributed by atoms with E-state index in [-0.39, 0.29) is 11.9 Å². The summed E-state index contributed by atoms with van der Waals surface area (Å²) in [5.41, 5.74) is 7.02. The van der Waals surface area contributed by atoms with Crippen LogP contribution in [0.2, 0.25) is 5.02 Å². The number of halogens is 1. The molecule has 2 atom stereocenters. The zero-order valence-electron chi connectivity index (χ0n) is 23.2. The Hall–Kier alpha value is -3.77. The Labute approximate surface area is 234 Å². The van der Waals surface area contributed by atoms with Gasteiger partial charge in [0, 0.05) is 33.7 Å². The zero-order valence-corrected chi connectivity index (χ0v) is 24.0. The molecule has 0 spiro atoms. The number of carboxylic acid groups (broad SMARTS) is 1. The van der Waals surface area contributed by atoms with Crippen molar-refractivity contribution in [2.75, 3.05) is 0 Å². The summed E-state index contributed by atoms with van der Waals surface area (Å²) in [6, 6.07) is 19.2. The van der Waals surface area contributed by atoms with Gasteiger partial charge in [0.15, 0.2) is 6.10 Å². The molecule has 2 N–H and O–H groups in total.